The molecule has 0 amide bonds. The molecule has 0 aliphatic rings. The van der Waals surface area contributed by atoms with Crippen molar-refractivity contribution in [1.29, 1.82) is 0 Å². The molecule has 0 aliphatic carbocycles. The molecule has 5 nitrogen and oxygen atoms in total. The number of imidazole rings is 1. The summed E-state index contributed by atoms with van der Waals surface area (Å²) in [5.41, 5.74) is 6.17. The van der Waals surface area contributed by atoms with Crippen molar-refractivity contribution in [1.82, 2.24) is 9.55 Å². The lowest BCUT2D eigenvalue weighted by atomic mass is 10.5. The summed E-state index contributed by atoms with van der Waals surface area (Å²) < 4.78 is 24.8. The normalized spacial score (nSPS) is 12.3. The molecule has 0 fully saturated rings. The SMILES string of the molecule is CC(C)S(=O)(=O)CCn1cnc(CN)c1. The van der Waals surface area contributed by atoms with Crippen LogP contribution in [-0.4, -0.2) is 29.0 Å². The van der Waals surface area contributed by atoms with Crippen molar-refractivity contribution >= 4 is 9.84 Å². The molecule has 6 heteroatoms. The Kier molecular flexibility index (Phi) is 3.87. The lowest BCUT2D eigenvalue weighted by Crippen LogP contribution is -2.20. The standard InChI is InChI=1S/C9H17N3O2S/c1-8(2)15(13,14)4-3-12-6-9(5-10)11-7-12/h6-8H,3-5,10H2,1-2H3. The third kappa shape index (κ3) is 3.32. The molecule has 86 valence electrons. The number of hydrogen-bond donors (Lipinski definition) is 1. The van der Waals surface area contributed by atoms with Crippen LogP contribution < -0.4 is 5.73 Å². The molecule has 2 N–H and O–H groups in total. The van der Waals surface area contributed by atoms with Gasteiger partial charge in [-0.15, -0.1) is 0 Å². The Labute approximate surface area is 90.2 Å². The molecule has 0 atom stereocenters. The summed E-state index contributed by atoms with van der Waals surface area (Å²) in [5.74, 6) is 0.144. The Bertz CT molecular complexity index is 409. The Hall–Kier alpha value is -0.880. The Morgan fingerprint density at radius 1 is 1.53 bits per heavy atom. The Morgan fingerprint density at radius 3 is 2.67 bits per heavy atom. The van der Waals surface area contributed by atoms with Crippen LogP contribution in [0, 0.1) is 0 Å². The zero-order valence-corrected chi connectivity index (χ0v) is 9.87. The number of nitrogens with zero attached hydrogens (tertiary/aromatic N) is 2. The van der Waals surface area contributed by atoms with E-state index in [4.69, 9.17) is 5.73 Å². The average molecular weight is 231 g/mol. The monoisotopic (exact) mass is 231 g/mol. The summed E-state index contributed by atoms with van der Waals surface area (Å²) in [6, 6.07) is 0. The second-order valence-electron chi connectivity index (χ2n) is 3.72. The zero-order chi connectivity index (χ0) is 11.5. The molecular formula is C9H17N3O2S. The quantitative estimate of drug-likeness (QED) is 0.783. The summed E-state index contributed by atoms with van der Waals surface area (Å²) in [6.45, 7) is 4.19. The summed E-state index contributed by atoms with van der Waals surface area (Å²) in [7, 11) is -2.97. The summed E-state index contributed by atoms with van der Waals surface area (Å²) in [6.07, 6.45) is 3.38. The van der Waals surface area contributed by atoms with Crippen LogP contribution in [-0.2, 0) is 22.9 Å². The van der Waals surface area contributed by atoms with Gasteiger partial charge in [0.15, 0.2) is 9.84 Å². The van der Waals surface area contributed by atoms with Crippen molar-refractivity contribution < 1.29 is 8.42 Å². The van der Waals surface area contributed by atoms with Gasteiger partial charge in [0.25, 0.3) is 0 Å². The molecule has 0 saturated heterocycles. The van der Waals surface area contributed by atoms with E-state index in [1.54, 1.807) is 30.9 Å². The van der Waals surface area contributed by atoms with Gasteiger partial charge in [0.1, 0.15) is 0 Å². The van der Waals surface area contributed by atoms with E-state index in [2.05, 4.69) is 4.98 Å². The number of sulfone groups is 1. The lowest BCUT2D eigenvalue weighted by Gasteiger charge is -2.07. The van der Waals surface area contributed by atoms with Crippen LogP contribution in [0.1, 0.15) is 19.5 Å². The summed E-state index contributed by atoms with van der Waals surface area (Å²) in [5, 5.41) is -0.324. The first-order valence-electron chi connectivity index (χ1n) is 4.88. The van der Waals surface area contributed by atoms with Gasteiger partial charge in [-0.1, -0.05) is 0 Å². The van der Waals surface area contributed by atoms with E-state index in [0.717, 1.165) is 5.69 Å². The van der Waals surface area contributed by atoms with Crippen LogP contribution in [0.5, 0.6) is 0 Å². The fourth-order valence-electron chi connectivity index (χ4n) is 1.10. The van der Waals surface area contributed by atoms with E-state index < -0.39 is 9.84 Å². The van der Waals surface area contributed by atoms with Crippen molar-refractivity contribution in [3.63, 3.8) is 0 Å². The highest BCUT2D eigenvalue weighted by Crippen LogP contribution is 2.03. The molecule has 0 saturated carbocycles. The molecule has 0 spiro atoms. The van der Waals surface area contributed by atoms with E-state index in [1.165, 1.54) is 0 Å². The number of hydrogen-bond acceptors (Lipinski definition) is 4. The molecular weight excluding hydrogens is 214 g/mol. The first-order chi connectivity index (χ1) is 6.95. The maximum Gasteiger partial charge on any atom is 0.154 e. The molecule has 1 aromatic rings. The predicted molar refractivity (Wildman–Crippen MR) is 59.0 cm³/mol. The van der Waals surface area contributed by atoms with Crippen LogP contribution >= 0.6 is 0 Å². The van der Waals surface area contributed by atoms with E-state index in [9.17, 15) is 8.42 Å². The number of rotatable bonds is 5. The van der Waals surface area contributed by atoms with Crippen molar-refractivity contribution in [2.45, 2.75) is 32.2 Å². The van der Waals surface area contributed by atoms with Gasteiger partial charge in [-0.25, -0.2) is 13.4 Å². The summed E-state index contributed by atoms with van der Waals surface area (Å²) >= 11 is 0. The molecule has 1 heterocycles. The topological polar surface area (TPSA) is 78.0 Å². The molecule has 0 unspecified atom stereocenters. The van der Waals surface area contributed by atoms with Gasteiger partial charge in [0.05, 0.1) is 23.0 Å². The van der Waals surface area contributed by atoms with Gasteiger partial charge in [0, 0.05) is 19.3 Å². The fraction of sp³-hybridized carbons (Fsp3) is 0.667. The minimum atomic E-state index is -2.97. The van der Waals surface area contributed by atoms with E-state index in [1.807, 2.05) is 0 Å². The minimum Gasteiger partial charge on any atom is -0.336 e. The second kappa shape index (κ2) is 4.76. The van der Waals surface area contributed by atoms with E-state index in [-0.39, 0.29) is 11.0 Å². The number of aryl methyl sites for hydroxylation is 1. The van der Waals surface area contributed by atoms with Gasteiger partial charge in [-0.05, 0) is 13.8 Å². The summed E-state index contributed by atoms with van der Waals surface area (Å²) in [4.78, 5) is 4.02. The maximum absolute atomic E-state index is 11.5. The van der Waals surface area contributed by atoms with Crippen molar-refractivity contribution in [2.24, 2.45) is 5.73 Å². The van der Waals surface area contributed by atoms with Crippen LogP contribution in [0.15, 0.2) is 12.5 Å². The van der Waals surface area contributed by atoms with E-state index in [0.29, 0.717) is 13.1 Å². The maximum atomic E-state index is 11.5. The fourth-order valence-corrected chi connectivity index (χ4v) is 2.04. The number of aromatic nitrogens is 2. The van der Waals surface area contributed by atoms with Crippen LogP contribution in [0.4, 0.5) is 0 Å². The predicted octanol–water partition coefficient (Wildman–Crippen LogP) is 0.165. The van der Waals surface area contributed by atoms with Gasteiger partial charge < -0.3 is 10.3 Å². The van der Waals surface area contributed by atoms with Gasteiger partial charge in [-0.3, -0.25) is 0 Å². The van der Waals surface area contributed by atoms with Crippen molar-refractivity contribution in [3.8, 4) is 0 Å². The second-order valence-corrected chi connectivity index (χ2v) is 6.40. The third-order valence-corrected chi connectivity index (χ3v) is 4.44. The molecule has 0 aliphatic heterocycles. The van der Waals surface area contributed by atoms with Crippen molar-refractivity contribution in [3.05, 3.63) is 18.2 Å². The first-order valence-corrected chi connectivity index (χ1v) is 6.59. The molecule has 15 heavy (non-hydrogen) atoms. The highest BCUT2D eigenvalue weighted by molar-refractivity contribution is 7.91. The van der Waals surface area contributed by atoms with Crippen LogP contribution in [0.2, 0.25) is 0 Å². The first kappa shape index (κ1) is 12.2. The zero-order valence-electron chi connectivity index (χ0n) is 9.05. The molecule has 1 aromatic heterocycles. The average Bonchev–Trinajstić information content (AvgIpc) is 2.62. The Balaban J connectivity index is 2.58. The van der Waals surface area contributed by atoms with Crippen molar-refractivity contribution in [2.75, 3.05) is 5.75 Å². The van der Waals surface area contributed by atoms with Crippen LogP contribution in [0.3, 0.4) is 0 Å². The van der Waals surface area contributed by atoms with Gasteiger partial charge in [0.2, 0.25) is 0 Å². The third-order valence-electron chi connectivity index (χ3n) is 2.25. The highest BCUT2D eigenvalue weighted by atomic mass is 32.2. The smallest absolute Gasteiger partial charge is 0.154 e. The van der Waals surface area contributed by atoms with E-state index >= 15 is 0 Å². The van der Waals surface area contributed by atoms with Gasteiger partial charge >= 0.3 is 0 Å². The largest absolute Gasteiger partial charge is 0.336 e. The van der Waals surface area contributed by atoms with Crippen LogP contribution in [0.25, 0.3) is 0 Å². The highest BCUT2D eigenvalue weighted by Gasteiger charge is 2.15. The number of nitrogens with two attached hydrogens (primary N) is 1. The molecule has 1 rings (SSSR count). The molecule has 0 bridgehead atoms. The van der Waals surface area contributed by atoms with Gasteiger partial charge in [-0.2, -0.15) is 0 Å². The molecule has 0 radical (unpaired) electrons. The minimum absolute atomic E-state index is 0.144. The lowest BCUT2D eigenvalue weighted by molar-refractivity contribution is 0.580. The Morgan fingerprint density at radius 2 is 2.20 bits per heavy atom. The molecule has 0 aromatic carbocycles.